The van der Waals surface area contributed by atoms with Crippen molar-refractivity contribution in [2.45, 2.75) is 6.04 Å². The second-order valence-electron chi connectivity index (χ2n) is 5.46. The number of ether oxygens (including phenoxy) is 1. The molecule has 0 bridgehead atoms. The van der Waals surface area contributed by atoms with Crippen LogP contribution in [0.5, 0.6) is 5.75 Å². The minimum absolute atomic E-state index is 0.00560. The van der Waals surface area contributed by atoms with Crippen molar-refractivity contribution in [3.63, 3.8) is 0 Å². The number of hydrogen-bond acceptors (Lipinski definition) is 4. The van der Waals surface area contributed by atoms with E-state index < -0.39 is 0 Å². The molecule has 1 aliphatic rings. The molecule has 4 rings (SSSR count). The number of benzene rings is 2. The van der Waals surface area contributed by atoms with E-state index in [4.69, 9.17) is 4.74 Å². The van der Waals surface area contributed by atoms with E-state index >= 15 is 0 Å². The maximum atomic E-state index is 5.23. The first-order chi connectivity index (χ1) is 11.7. The molecule has 1 N–H and O–H groups in total. The summed E-state index contributed by atoms with van der Waals surface area (Å²) in [6.07, 6.45) is 3.73. The number of anilines is 1. The normalized spacial score (nSPS) is 16.1. The Bertz CT molecular complexity index is 884. The number of methoxy groups -OCH3 is 1. The molecule has 1 aliphatic heterocycles. The molecule has 120 valence electrons. The maximum Gasteiger partial charge on any atom is 0.226 e. The van der Waals surface area contributed by atoms with Crippen molar-refractivity contribution in [2.75, 3.05) is 12.4 Å². The second kappa shape index (κ2) is 6.13. The lowest BCUT2D eigenvalue weighted by Crippen LogP contribution is -2.20. The summed E-state index contributed by atoms with van der Waals surface area (Å²) in [5.74, 6) is 1.57. The number of aromatic nitrogens is 3. The fourth-order valence-electron chi connectivity index (χ4n) is 2.77. The van der Waals surface area contributed by atoms with Gasteiger partial charge >= 0.3 is 0 Å². The summed E-state index contributed by atoms with van der Waals surface area (Å²) in [5.41, 5.74) is 3.23. The average Bonchev–Trinajstić information content (AvgIpc) is 3.10. The minimum atomic E-state index is -0.00560. The summed E-state index contributed by atoms with van der Waals surface area (Å²) < 4.78 is 8.17. The molecule has 0 amide bonds. The third-order valence-electron chi connectivity index (χ3n) is 4.02. The second-order valence-corrected chi connectivity index (χ2v) is 6.37. The first-order valence-electron chi connectivity index (χ1n) is 7.53. The predicted octanol–water partition coefficient (Wildman–Crippen LogP) is 4.11. The molecule has 0 saturated carbocycles. The van der Waals surface area contributed by atoms with Gasteiger partial charge in [-0.25, -0.2) is 4.68 Å². The van der Waals surface area contributed by atoms with Crippen LogP contribution in [0, 0.1) is 0 Å². The Hall–Kier alpha value is -2.60. The zero-order valence-electron chi connectivity index (χ0n) is 13.0. The molecule has 1 aromatic heterocycles. The minimum Gasteiger partial charge on any atom is -0.497 e. The zero-order valence-corrected chi connectivity index (χ0v) is 14.6. The van der Waals surface area contributed by atoms with Crippen LogP contribution < -0.4 is 10.1 Å². The highest BCUT2D eigenvalue weighted by atomic mass is 79.9. The van der Waals surface area contributed by atoms with Gasteiger partial charge in [-0.1, -0.05) is 28.1 Å². The van der Waals surface area contributed by atoms with Gasteiger partial charge in [0.25, 0.3) is 0 Å². The average molecular weight is 383 g/mol. The van der Waals surface area contributed by atoms with Crippen molar-refractivity contribution in [3.8, 4) is 5.75 Å². The van der Waals surface area contributed by atoms with Crippen LogP contribution in [0.3, 0.4) is 0 Å². The van der Waals surface area contributed by atoms with Crippen molar-refractivity contribution in [1.29, 1.82) is 0 Å². The van der Waals surface area contributed by atoms with E-state index in [1.54, 1.807) is 13.4 Å². The highest BCUT2D eigenvalue weighted by Crippen LogP contribution is 2.32. The van der Waals surface area contributed by atoms with E-state index in [0.29, 0.717) is 0 Å². The molecule has 0 saturated heterocycles. The fourth-order valence-corrected chi connectivity index (χ4v) is 3.03. The van der Waals surface area contributed by atoms with Crippen LogP contribution >= 0.6 is 15.9 Å². The molecule has 0 spiro atoms. The molecule has 6 heteroatoms. The third-order valence-corrected chi connectivity index (χ3v) is 4.55. The topological polar surface area (TPSA) is 52.0 Å². The SMILES string of the molecule is COc1ccc(C2=CC(c3ccc(Br)cc3)n3ncnc3N2)cc1. The van der Waals surface area contributed by atoms with Gasteiger partial charge in [0.2, 0.25) is 5.95 Å². The molecule has 1 unspecified atom stereocenters. The zero-order chi connectivity index (χ0) is 16.5. The van der Waals surface area contributed by atoms with Gasteiger partial charge in [0.1, 0.15) is 18.1 Å². The van der Waals surface area contributed by atoms with Gasteiger partial charge in [0, 0.05) is 10.2 Å². The number of allylic oxidation sites excluding steroid dienone is 1. The Kier molecular flexibility index (Phi) is 3.82. The Morgan fingerprint density at radius 3 is 2.54 bits per heavy atom. The molecule has 3 aromatic rings. The van der Waals surface area contributed by atoms with E-state index in [9.17, 15) is 0 Å². The predicted molar refractivity (Wildman–Crippen MR) is 96.9 cm³/mol. The van der Waals surface area contributed by atoms with E-state index in [2.05, 4.69) is 49.5 Å². The summed E-state index contributed by atoms with van der Waals surface area (Å²) in [7, 11) is 1.67. The lowest BCUT2D eigenvalue weighted by atomic mass is 10.0. The van der Waals surface area contributed by atoms with Gasteiger partial charge in [0.15, 0.2) is 0 Å². The molecule has 2 aromatic carbocycles. The van der Waals surface area contributed by atoms with Gasteiger partial charge in [-0.3, -0.25) is 0 Å². The molecule has 24 heavy (non-hydrogen) atoms. The van der Waals surface area contributed by atoms with E-state index in [-0.39, 0.29) is 6.04 Å². The van der Waals surface area contributed by atoms with Gasteiger partial charge in [-0.05, 0) is 53.6 Å². The maximum absolute atomic E-state index is 5.23. The lowest BCUT2D eigenvalue weighted by Gasteiger charge is -2.24. The van der Waals surface area contributed by atoms with E-state index in [1.807, 2.05) is 41.1 Å². The molecule has 1 atom stereocenters. The number of hydrogen-bond donors (Lipinski definition) is 1. The fraction of sp³-hybridized carbons (Fsp3) is 0.111. The summed E-state index contributed by atoms with van der Waals surface area (Å²) >= 11 is 3.48. The smallest absolute Gasteiger partial charge is 0.226 e. The Balaban J connectivity index is 1.76. The summed E-state index contributed by atoms with van der Waals surface area (Å²) in [6, 6.07) is 16.2. The third kappa shape index (κ3) is 2.69. The van der Waals surface area contributed by atoms with Crippen molar-refractivity contribution < 1.29 is 4.74 Å². The lowest BCUT2D eigenvalue weighted by molar-refractivity contribution is 0.415. The molecule has 0 fully saturated rings. The number of halogens is 1. The van der Waals surface area contributed by atoms with Crippen molar-refractivity contribution in [3.05, 3.63) is 76.5 Å². The van der Waals surface area contributed by atoms with Crippen LogP contribution in [0.25, 0.3) is 5.70 Å². The standard InChI is InChI=1S/C18H15BrN4O/c1-24-15-8-4-12(5-9-15)16-10-17(13-2-6-14(19)7-3-13)23-18(22-16)20-11-21-23/h2-11,17H,1H3,(H,20,21,22). The Morgan fingerprint density at radius 2 is 1.83 bits per heavy atom. The first-order valence-corrected chi connectivity index (χ1v) is 8.32. The Labute approximate surface area is 148 Å². The van der Waals surface area contributed by atoms with Crippen LogP contribution in [0.4, 0.5) is 5.95 Å². The Morgan fingerprint density at radius 1 is 1.08 bits per heavy atom. The van der Waals surface area contributed by atoms with Crippen molar-refractivity contribution >= 4 is 27.6 Å². The van der Waals surface area contributed by atoms with Crippen LogP contribution in [0.1, 0.15) is 17.2 Å². The van der Waals surface area contributed by atoms with Crippen molar-refractivity contribution in [1.82, 2.24) is 14.8 Å². The van der Waals surface area contributed by atoms with Gasteiger partial charge in [-0.2, -0.15) is 10.1 Å². The van der Waals surface area contributed by atoms with Gasteiger partial charge in [-0.15, -0.1) is 0 Å². The molecule has 2 heterocycles. The molecule has 0 radical (unpaired) electrons. The van der Waals surface area contributed by atoms with Gasteiger partial charge in [0.05, 0.1) is 7.11 Å². The largest absolute Gasteiger partial charge is 0.497 e. The van der Waals surface area contributed by atoms with Crippen LogP contribution in [0.15, 0.2) is 65.4 Å². The quantitative estimate of drug-likeness (QED) is 0.740. The number of nitrogens with zero attached hydrogens (tertiary/aromatic N) is 3. The van der Waals surface area contributed by atoms with Crippen molar-refractivity contribution in [2.24, 2.45) is 0 Å². The molecular weight excluding hydrogens is 368 g/mol. The number of nitrogens with one attached hydrogen (secondary N) is 1. The highest BCUT2D eigenvalue weighted by molar-refractivity contribution is 9.10. The van der Waals surface area contributed by atoms with E-state index in [0.717, 1.165) is 33.0 Å². The number of fused-ring (bicyclic) bond motifs is 1. The van der Waals surface area contributed by atoms with Gasteiger partial charge < -0.3 is 10.1 Å². The summed E-state index contributed by atoms with van der Waals surface area (Å²) in [5, 5.41) is 7.70. The van der Waals surface area contributed by atoms with Crippen LogP contribution in [-0.4, -0.2) is 21.9 Å². The molecule has 5 nitrogen and oxygen atoms in total. The summed E-state index contributed by atoms with van der Waals surface area (Å²) in [6.45, 7) is 0. The number of rotatable bonds is 3. The first kappa shape index (κ1) is 15.0. The monoisotopic (exact) mass is 382 g/mol. The molecule has 0 aliphatic carbocycles. The van der Waals surface area contributed by atoms with E-state index in [1.165, 1.54) is 0 Å². The van der Waals surface area contributed by atoms with Crippen LogP contribution in [0.2, 0.25) is 0 Å². The highest BCUT2D eigenvalue weighted by Gasteiger charge is 2.23. The molecular formula is C18H15BrN4O. The summed E-state index contributed by atoms with van der Waals surface area (Å²) in [4.78, 5) is 4.33. The van der Waals surface area contributed by atoms with Crippen LogP contribution in [-0.2, 0) is 0 Å².